The first-order valence-corrected chi connectivity index (χ1v) is 7.91. The number of benzene rings is 2. The third-order valence-electron chi connectivity index (χ3n) is 4.48. The van der Waals surface area contributed by atoms with Crippen LogP contribution in [0.15, 0.2) is 48.0 Å². The molecule has 2 aromatic rings. The fourth-order valence-electron chi connectivity index (χ4n) is 3.07. The Balaban J connectivity index is 2.03. The number of hydrogen-bond acceptors (Lipinski definition) is 0. The fraction of sp³-hybridized carbons (Fsp3) is 0.333. The van der Waals surface area contributed by atoms with Crippen LogP contribution in [-0.4, -0.2) is 0 Å². The highest BCUT2D eigenvalue weighted by molar-refractivity contribution is 5.80. The maximum Gasteiger partial charge on any atom is -0.00577 e. The van der Waals surface area contributed by atoms with Crippen LogP contribution < -0.4 is 0 Å². The minimum absolute atomic E-state index is 0.215. The van der Waals surface area contributed by atoms with Crippen LogP contribution >= 0.6 is 0 Å². The minimum atomic E-state index is 0.215. The predicted octanol–water partition coefficient (Wildman–Crippen LogP) is 6.00. The zero-order valence-corrected chi connectivity index (χ0v) is 13.5. The van der Waals surface area contributed by atoms with Gasteiger partial charge in [0.05, 0.1) is 0 Å². The van der Waals surface area contributed by atoms with Gasteiger partial charge in [-0.2, -0.15) is 0 Å². The van der Waals surface area contributed by atoms with Gasteiger partial charge in [-0.3, -0.25) is 0 Å². The zero-order valence-electron chi connectivity index (χ0n) is 13.5. The number of rotatable bonds is 2. The summed E-state index contributed by atoms with van der Waals surface area (Å²) < 4.78 is 0. The van der Waals surface area contributed by atoms with Crippen molar-refractivity contribution in [1.82, 2.24) is 0 Å². The van der Waals surface area contributed by atoms with Gasteiger partial charge in [0.2, 0.25) is 0 Å². The lowest BCUT2D eigenvalue weighted by Gasteiger charge is -2.19. The van der Waals surface area contributed by atoms with Crippen LogP contribution in [0.3, 0.4) is 0 Å². The van der Waals surface area contributed by atoms with E-state index in [9.17, 15) is 0 Å². The first kappa shape index (κ1) is 14.1. The second kappa shape index (κ2) is 5.18. The standard InChI is InChI=1S/C21H24/c1-5-15-13-17-7-6-8-19(20(17)14-15)16-9-11-18(12-10-16)21(2,3)4/h6-12,14H,5,13H2,1-4H3. The van der Waals surface area contributed by atoms with Gasteiger partial charge in [0, 0.05) is 0 Å². The summed E-state index contributed by atoms with van der Waals surface area (Å²) in [5, 5.41) is 0. The molecule has 0 amide bonds. The maximum atomic E-state index is 2.39. The molecule has 0 nitrogen and oxygen atoms in total. The summed E-state index contributed by atoms with van der Waals surface area (Å²) in [5.41, 5.74) is 8.76. The van der Waals surface area contributed by atoms with Crippen molar-refractivity contribution in [3.8, 4) is 11.1 Å². The van der Waals surface area contributed by atoms with E-state index in [1.54, 1.807) is 5.57 Å². The molecule has 21 heavy (non-hydrogen) atoms. The number of hydrogen-bond donors (Lipinski definition) is 0. The molecule has 0 aliphatic heterocycles. The lowest BCUT2D eigenvalue weighted by molar-refractivity contribution is 0.590. The summed E-state index contributed by atoms with van der Waals surface area (Å²) in [5.74, 6) is 0. The van der Waals surface area contributed by atoms with E-state index in [1.807, 2.05) is 0 Å². The first-order valence-electron chi connectivity index (χ1n) is 7.91. The summed E-state index contributed by atoms with van der Waals surface area (Å²) in [6.07, 6.45) is 4.67. The third-order valence-corrected chi connectivity index (χ3v) is 4.48. The topological polar surface area (TPSA) is 0 Å². The number of allylic oxidation sites excluding steroid dienone is 1. The van der Waals surface area contributed by atoms with Gasteiger partial charge in [-0.25, -0.2) is 0 Å². The van der Waals surface area contributed by atoms with Crippen LogP contribution in [0.5, 0.6) is 0 Å². The molecule has 2 aromatic carbocycles. The Morgan fingerprint density at radius 3 is 2.29 bits per heavy atom. The quantitative estimate of drug-likeness (QED) is 0.631. The molecule has 0 atom stereocenters. The van der Waals surface area contributed by atoms with Crippen LogP contribution in [0, 0.1) is 0 Å². The van der Waals surface area contributed by atoms with Gasteiger partial charge in [-0.15, -0.1) is 0 Å². The predicted molar refractivity (Wildman–Crippen MR) is 92.6 cm³/mol. The van der Waals surface area contributed by atoms with Gasteiger partial charge < -0.3 is 0 Å². The summed E-state index contributed by atoms with van der Waals surface area (Å²) >= 11 is 0. The Morgan fingerprint density at radius 1 is 0.952 bits per heavy atom. The molecule has 1 aliphatic rings. The minimum Gasteiger partial charge on any atom is -0.0655 e. The van der Waals surface area contributed by atoms with Crippen LogP contribution in [-0.2, 0) is 11.8 Å². The smallest absolute Gasteiger partial charge is 0.00577 e. The SMILES string of the molecule is CCC1=Cc2c(cccc2-c2ccc(C(C)(C)C)cc2)C1. The molecule has 0 bridgehead atoms. The number of fused-ring (bicyclic) bond motifs is 1. The average molecular weight is 276 g/mol. The lowest BCUT2D eigenvalue weighted by Crippen LogP contribution is -2.10. The summed E-state index contributed by atoms with van der Waals surface area (Å²) in [4.78, 5) is 0. The molecule has 0 saturated heterocycles. The average Bonchev–Trinajstić information content (AvgIpc) is 2.89. The van der Waals surface area contributed by atoms with Gasteiger partial charge in [0.25, 0.3) is 0 Å². The Hall–Kier alpha value is -1.82. The summed E-state index contributed by atoms with van der Waals surface area (Å²) in [6, 6.07) is 15.8. The lowest BCUT2D eigenvalue weighted by atomic mass is 9.86. The van der Waals surface area contributed by atoms with Crippen molar-refractivity contribution >= 4 is 6.08 Å². The second-order valence-electron chi connectivity index (χ2n) is 7.04. The molecule has 0 spiro atoms. The molecular formula is C21H24. The van der Waals surface area contributed by atoms with Crippen molar-refractivity contribution in [2.45, 2.75) is 46.0 Å². The molecule has 3 rings (SSSR count). The van der Waals surface area contributed by atoms with Crippen molar-refractivity contribution < 1.29 is 0 Å². The van der Waals surface area contributed by atoms with E-state index in [2.05, 4.69) is 76.2 Å². The first-order chi connectivity index (χ1) is 9.99. The van der Waals surface area contributed by atoms with E-state index in [1.165, 1.54) is 27.8 Å². The van der Waals surface area contributed by atoms with Crippen molar-refractivity contribution in [3.05, 3.63) is 64.7 Å². The van der Waals surface area contributed by atoms with E-state index >= 15 is 0 Å². The van der Waals surface area contributed by atoms with Crippen LogP contribution in [0.2, 0.25) is 0 Å². The molecule has 0 unspecified atom stereocenters. The maximum absolute atomic E-state index is 2.39. The van der Waals surface area contributed by atoms with E-state index in [4.69, 9.17) is 0 Å². The Bertz CT molecular complexity index is 679. The monoisotopic (exact) mass is 276 g/mol. The normalized spacial score (nSPS) is 14.0. The largest absolute Gasteiger partial charge is 0.0655 e. The van der Waals surface area contributed by atoms with E-state index in [-0.39, 0.29) is 5.41 Å². The molecule has 0 N–H and O–H groups in total. The van der Waals surface area contributed by atoms with Crippen LogP contribution in [0.1, 0.15) is 50.8 Å². The van der Waals surface area contributed by atoms with E-state index in [0.717, 1.165) is 12.8 Å². The third kappa shape index (κ3) is 2.68. The molecule has 1 aliphatic carbocycles. The second-order valence-corrected chi connectivity index (χ2v) is 7.04. The molecule has 0 heterocycles. The summed E-state index contributed by atoms with van der Waals surface area (Å²) in [7, 11) is 0. The van der Waals surface area contributed by atoms with Crippen molar-refractivity contribution in [2.24, 2.45) is 0 Å². The fourth-order valence-corrected chi connectivity index (χ4v) is 3.07. The molecular weight excluding hydrogens is 252 g/mol. The van der Waals surface area contributed by atoms with E-state index in [0.29, 0.717) is 0 Å². The molecule has 108 valence electrons. The van der Waals surface area contributed by atoms with Crippen molar-refractivity contribution in [3.63, 3.8) is 0 Å². The highest BCUT2D eigenvalue weighted by Gasteiger charge is 2.17. The molecule has 0 heteroatoms. The van der Waals surface area contributed by atoms with Gasteiger partial charge >= 0.3 is 0 Å². The molecule has 0 aromatic heterocycles. The molecule has 0 radical (unpaired) electrons. The Labute approximate surface area is 128 Å². The van der Waals surface area contributed by atoms with E-state index < -0.39 is 0 Å². The van der Waals surface area contributed by atoms with Gasteiger partial charge in [0.15, 0.2) is 0 Å². The molecule has 0 saturated carbocycles. The zero-order chi connectivity index (χ0) is 15.0. The Morgan fingerprint density at radius 2 is 1.67 bits per heavy atom. The highest BCUT2D eigenvalue weighted by atomic mass is 14.2. The van der Waals surface area contributed by atoms with Crippen LogP contribution in [0.4, 0.5) is 0 Å². The van der Waals surface area contributed by atoms with Gasteiger partial charge in [-0.1, -0.05) is 81.8 Å². The highest BCUT2D eigenvalue weighted by Crippen LogP contribution is 2.35. The van der Waals surface area contributed by atoms with Crippen molar-refractivity contribution in [1.29, 1.82) is 0 Å². The molecule has 0 fully saturated rings. The van der Waals surface area contributed by atoms with Gasteiger partial charge in [-0.05, 0) is 46.1 Å². The van der Waals surface area contributed by atoms with Crippen molar-refractivity contribution in [2.75, 3.05) is 0 Å². The van der Waals surface area contributed by atoms with Gasteiger partial charge in [0.1, 0.15) is 0 Å². The summed E-state index contributed by atoms with van der Waals surface area (Å²) in [6.45, 7) is 9.03. The Kier molecular flexibility index (Phi) is 3.49. The van der Waals surface area contributed by atoms with Crippen LogP contribution in [0.25, 0.3) is 17.2 Å².